The molecule has 0 heterocycles. The SMILES string of the molecule is CCOc1ccc(OC(C)C(=O)Nc2ccc(C(C)(C)C)cc2)cc1. The van der Waals surface area contributed by atoms with Crippen molar-refractivity contribution in [2.45, 2.75) is 46.1 Å². The van der Waals surface area contributed by atoms with Crippen molar-refractivity contribution in [3.8, 4) is 11.5 Å². The molecule has 0 aliphatic rings. The van der Waals surface area contributed by atoms with Gasteiger partial charge in [-0.05, 0) is 61.2 Å². The first kappa shape index (κ1) is 18.8. The number of rotatable bonds is 6. The van der Waals surface area contributed by atoms with E-state index in [1.807, 2.05) is 43.3 Å². The predicted octanol–water partition coefficient (Wildman–Crippen LogP) is 4.79. The maximum Gasteiger partial charge on any atom is 0.265 e. The number of hydrogen-bond donors (Lipinski definition) is 1. The summed E-state index contributed by atoms with van der Waals surface area (Å²) in [4.78, 5) is 12.3. The molecule has 25 heavy (non-hydrogen) atoms. The van der Waals surface area contributed by atoms with Crippen LogP contribution in [0.25, 0.3) is 0 Å². The van der Waals surface area contributed by atoms with Crippen molar-refractivity contribution in [1.82, 2.24) is 0 Å². The fourth-order valence-electron chi connectivity index (χ4n) is 2.34. The summed E-state index contributed by atoms with van der Waals surface area (Å²) >= 11 is 0. The summed E-state index contributed by atoms with van der Waals surface area (Å²) in [5.74, 6) is 1.23. The van der Waals surface area contributed by atoms with Crippen molar-refractivity contribution in [3.63, 3.8) is 0 Å². The molecule has 134 valence electrons. The maximum atomic E-state index is 12.3. The molecule has 2 aromatic rings. The van der Waals surface area contributed by atoms with Crippen LogP contribution in [-0.2, 0) is 10.2 Å². The van der Waals surface area contributed by atoms with Crippen LogP contribution in [0, 0.1) is 0 Å². The van der Waals surface area contributed by atoms with Gasteiger partial charge in [0.2, 0.25) is 0 Å². The van der Waals surface area contributed by atoms with Gasteiger partial charge in [-0.1, -0.05) is 32.9 Å². The summed E-state index contributed by atoms with van der Waals surface area (Å²) in [7, 11) is 0. The van der Waals surface area contributed by atoms with Gasteiger partial charge in [0.25, 0.3) is 5.91 Å². The van der Waals surface area contributed by atoms with Crippen LogP contribution in [0.2, 0.25) is 0 Å². The van der Waals surface area contributed by atoms with Gasteiger partial charge in [0.05, 0.1) is 6.61 Å². The fourth-order valence-corrected chi connectivity index (χ4v) is 2.34. The van der Waals surface area contributed by atoms with Crippen LogP contribution in [-0.4, -0.2) is 18.6 Å². The standard InChI is InChI=1S/C21H27NO3/c1-6-24-18-11-13-19(14-12-18)25-15(2)20(23)22-17-9-7-16(8-10-17)21(3,4)5/h7-15H,6H2,1-5H3,(H,22,23). The largest absolute Gasteiger partial charge is 0.494 e. The van der Waals surface area contributed by atoms with E-state index in [9.17, 15) is 4.79 Å². The molecule has 0 saturated carbocycles. The first-order valence-electron chi connectivity index (χ1n) is 8.60. The smallest absolute Gasteiger partial charge is 0.265 e. The van der Waals surface area contributed by atoms with Gasteiger partial charge < -0.3 is 14.8 Å². The van der Waals surface area contributed by atoms with E-state index < -0.39 is 6.10 Å². The molecule has 1 N–H and O–H groups in total. The lowest BCUT2D eigenvalue weighted by molar-refractivity contribution is -0.122. The average Bonchev–Trinajstić information content (AvgIpc) is 2.56. The molecule has 1 atom stereocenters. The van der Waals surface area contributed by atoms with Gasteiger partial charge in [0.1, 0.15) is 11.5 Å². The quantitative estimate of drug-likeness (QED) is 0.822. The molecular formula is C21H27NO3. The number of nitrogens with one attached hydrogen (secondary N) is 1. The van der Waals surface area contributed by atoms with E-state index in [1.165, 1.54) is 5.56 Å². The summed E-state index contributed by atoms with van der Waals surface area (Å²) < 4.78 is 11.1. The molecule has 0 radical (unpaired) electrons. The molecule has 2 aromatic carbocycles. The van der Waals surface area contributed by atoms with Crippen molar-refractivity contribution in [3.05, 3.63) is 54.1 Å². The first-order valence-corrected chi connectivity index (χ1v) is 8.60. The van der Waals surface area contributed by atoms with Crippen LogP contribution in [0.15, 0.2) is 48.5 Å². The normalized spacial score (nSPS) is 12.4. The summed E-state index contributed by atoms with van der Waals surface area (Å²) in [6.45, 7) is 10.8. The summed E-state index contributed by atoms with van der Waals surface area (Å²) in [5.41, 5.74) is 2.08. The number of ether oxygens (including phenoxy) is 2. The van der Waals surface area contributed by atoms with Gasteiger partial charge in [-0.3, -0.25) is 4.79 Å². The van der Waals surface area contributed by atoms with Gasteiger partial charge in [-0.2, -0.15) is 0 Å². The Hall–Kier alpha value is -2.49. The number of benzene rings is 2. The maximum absolute atomic E-state index is 12.3. The lowest BCUT2D eigenvalue weighted by Gasteiger charge is -2.19. The molecule has 0 spiro atoms. The van der Waals surface area contributed by atoms with Crippen LogP contribution in [0.5, 0.6) is 11.5 Å². The van der Waals surface area contributed by atoms with E-state index >= 15 is 0 Å². The lowest BCUT2D eigenvalue weighted by Crippen LogP contribution is -2.30. The Morgan fingerprint density at radius 1 is 1.00 bits per heavy atom. The van der Waals surface area contributed by atoms with Crippen molar-refractivity contribution in [2.75, 3.05) is 11.9 Å². The zero-order valence-electron chi connectivity index (χ0n) is 15.6. The van der Waals surface area contributed by atoms with Gasteiger partial charge >= 0.3 is 0 Å². The zero-order chi connectivity index (χ0) is 18.4. The molecular weight excluding hydrogens is 314 g/mol. The third-order valence-corrected chi connectivity index (χ3v) is 3.84. The molecule has 0 aromatic heterocycles. The van der Waals surface area contributed by atoms with E-state index in [-0.39, 0.29) is 11.3 Å². The van der Waals surface area contributed by atoms with E-state index in [0.717, 1.165) is 11.4 Å². The number of carbonyl (C=O) groups excluding carboxylic acids is 1. The molecule has 1 unspecified atom stereocenters. The lowest BCUT2D eigenvalue weighted by atomic mass is 9.87. The molecule has 0 aliphatic heterocycles. The second kappa shape index (κ2) is 8.06. The second-order valence-electron chi connectivity index (χ2n) is 6.98. The average molecular weight is 341 g/mol. The molecule has 2 rings (SSSR count). The van der Waals surface area contributed by atoms with E-state index in [0.29, 0.717) is 12.4 Å². The first-order chi connectivity index (χ1) is 11.8. The van der Waals surface area contributed by atoms with Crippen molar-refractivity contribution >= 4 is 11.6 Å². The van der Waals surface area contributed by atoms with Gasteiger partial charge in [-0.15, -0.1) is 0 Å². The molecule has 0 saturated heterocycles. The van der Waals surface area contributed by atoms with Crippen molar-refractivity contribution in [2.24, 2.45) is 0 Å². The van der Waals surface area contributed by atoms with Crippen molar-refractivity contribution < 1.29 is 14.3 Å². The third kappa shape index (κ3) is 5.52. The van der Waals surface area contributed by atoms with Gasteiger partial charge in [-0.25, -0.2) is 0 Å². The Morgan fingerprint density at radius 2 is 1.56 bits per heavy atom. The van der Waals surface area contributed by atoms with Crippen LogP contribution in [0.1, 0.15) is 40.2 Å². The van der Waals surface area contributed by atoms with Crippen LogP contribution in [0.4, 0.5) is 5.69 Å². The van der Waals surface area contributed by atoms with Gasteiger partial charge in [0.15, 0.2) is 6.10 Å². The highest BCUT2D eigenvalue weighted by Gasteiger charge is 2.16. The molecule has 0 fully saturated rings. The minimum Gasteiger partial charge on any atom is -0.494 e. The highest BCUT2D eigenvalue weighted by Crippen LogP contribution is 2.24. The van der Waals surface area contributed by atoms with Crippen LogP contribution >= 0.6 is 0 Å². The zero-order valence-corrected chi connectivity index (χ0v) is 15.6. The topological polar surface area (TPSA) is 47.6 Å². The minimum absolute atomic E-state index is 0.0899. The van der Waals surface area contributed by atoms with E-state index in [4.69, 9.17) is 9.47 Å². The van der Waals surface area contributed by atoms with E-state index in [2.05, 4.69) is 26.1 Å². The monoisotopic (exact) mass is 341 g/mol. The van der Waals surface area contributed by atoms with E-state index in [1.54, 1.807) is 19.1 Å². The molecule has 0 aliphatic carbocycles. The molecule has 0 bridgehead atoms. The Kier molecular flexibility index (Phi) is 6.07. The number of carbonyl (C=O) groups is 1. The number of hydrogen-bond acceptors (Lipinski definition) is 3. The van der Waals surface area contributed by atoms with Gasteiger partial charge in [0, 0.05) is 5.69 Å². The Balaban J connectivity index is 1.93. The molecule has 1 amide bonds. The Morgan fingerprint density at radius 3 is 2.08 bits per heavy atom. The Labute approximate surface area is 150 Å². The summed E-state index contributed by atoms with van der Waals surface area (Å²) in [5, 5.41) is 2.88. The minimum atomic E-state index is -0.597. The van der Waals surface area contributed by atoms with Crippen molar-refractivity contribution in [1.29, 1.82) is 0 Å². The second-order valence-corrected chi connectivity index (χ2v) is 6.98. The number of amides is 1. The third-order valence-electron chi connectivity index (χ3n) is 3.84. The highest BCUT2D eigenvalue weighted by atomic mass is 16.5. The van der Waals surface area contributed by atoms with Crippen LogP contribution in [0.3, 0.4) is 0 Å². The van der Waals surface area contributed by atoms with Crippen LogP contribution < -0.4 is 14.8 Å². The fraction of sp³-hybridized carbons (Fsp3) is 0.381. The Bertz CT molecular complexity index is 685. The summed E-state index contributed by atoms with van der Waals surface area (Å²) in [6, 6.07) is 15.2. The molecule has 4 nitrogen and oxygen atoms in total. The predicted molar refractivity (Wildman–Crippen MR) is 101 cm³/mol. The number of anilines is 1. The summed E-state index contributed by atoms with van der Waals surface area (Å²) in [6.07, 6.45) is -0.597. The highest BCUT2D eigenvalue weighted by molar-refractivity contribution is 5.94. The molecule has 4 heteroatoms.